The predicted octanol–water partition coefficient (Wildman–Crippen LogP) is -0.226. The van der Waals surface area contributed by atoms with E-state index >= 15 is 0 Å². The third-order valence-corrected chi connectivity index (χ3v) is 5.20. The summed E-state index contributed by atoms with van der Waals surface area (Å²) < 4.78 is 4.83. The van der Waals surface area contributed by atoms with E-state index in [4.69, 9.17) is 4.74 Å². The van der Waals surface area contributed by atoms with Gasteiger partial charge in [-0.15, -0.1) is 0 Å². The molecule has 2 saturated heterocycles. The highest BCUT2D eigenvalue weighted by molar-refractivity contribution is 6.09. The van der Waals surface area contributed by atoms with Gasteiger partial charge in [0.15, 0.2) is 5.54 Å². The third-order valence-electron chi connectivity index (χ3n) is 5.20. The van der Waals surface area contributed by atoms with Crippen LogP contribution in [-0.2, 0) is 19.1 Å². The maximum Gasteiger partial charge on any atom is 0.329 e. The van der Waals surface area contributed by atoms with Crippen molar-refractivity contribution in [1.82, 2.24) is 10.2 Å². The zero-order valence-electron chi connectivity index (χ0n) is 13.8. The first-order valence-electron chi connectivity index (χ1n) is 7.73. The molecule has 2 amide bonds. The predicted molar refractivity (Wildman–Crippen MR) is 83.6 cm³/mol. The number of nitrogens with one attached hydrogen (secondary N) is 1. The van der Waals surface area contributed by atoms with Crippen molar-refractivity contribution in [1.29, 1.82) is 0 Å². The number of benzene rings is 1. The molecule has 0 aromatic heterocycles. The zero-order chi connectivity index (χ0) is 17.6. The van der Waals surface area contributed by atoms with Crippen molar-refractivity contribution >= 4 is 17.8 Å². The number of imide groups is 1. The number of amides is 2. The van der Waals surface area contributed by atoms with Gasteiger partial charge in [-0.05, 0) is 18.1 Å². The molecular formula is C17H20N2O5. The molecule has 7 heteroatoms. The second-order valence-electron chi connectivity index (χ2n) is 6.34. The number of nitrogens with zero attached hydrogens (tertiary/aromatic N) is 1. The monoisotopic (exact) mass is 332 g/mol. The van der Waals surface area contributed by atoms with Crippen LogP contribution in [0.1, 0.15) is 17.2 Å². The van der Waals surface area contributed by atoms with Gasteiger partial charge >= 0.3 is 5.97 Å². The first-order valence-corrected chi connectivity index (χ1v) is 7.73. The molecule has 2 fully saturated rings. The number of ether oxygens (including phenoxy) is 1. The van der Waals surface area contributed by atoms with Crippen LogP contribution in [0.15, 0.2) is 24.3 Å². The van der Waals surface area contributed by atoms with Crippen molar-refractivity contribution in [2.24, 2.45) is 11.8 Å². The van der Waals surface area contributed by atoms with Gasteiger partial charge in [0.05, 0.1) is 25.6 Å². The lowest BCUT2D eigenvalue weighted by Crippen LogP contribution is -2.58. The molecular weight excluding hydrogens is 312 g/mol. The molecule has 1 aromatic rings. The summed E-state index contributed by atoms with van der Waals surface area (Å²) in [7, 11) is 2.60. The molecule has 2 heterocycles. The van der Waals surface area contributed by atoms with Crippen LogP contribution in [0.5, 0.6) is 0 Å². The van der Waals surface area contributed by atoms with Crippen LogP contribution in [0.2, 0.25) is 0 Å². The van der Waals surface area contributed by atoms with Crippen LogP contribution in [0.3, 0.4) is 0 Å². The minimum absolute atomic E-state index is 0.356. The normalized spacial score (nSPS) is 32.2. The van der Waals surface area contributed by atoms with Gasteiger partial charge < -0.3 is 9.84 Å². The molecule has 3 rings (SSSR count). The number of fused-ring (bicyclic) bond motifs is 1. The van der Waals surface area contributed by atoms with Gasteiger partial charge in [0.2, 0.25) is 11.8 Å². The van der Waals surface area contributed by atoms with Crippen LogP contribution in [-0.4, -0.2) is 54.1 Å². The summed E-state index contributed by atoms with van der Waals surface area (Å²) in [6.07, 6.45) is 0. The smallest absolute Gasteiger partial charge is 0.329 e. The Morgan fingerprint density at radius 3 is 2.58 bits per heavy atom. The van der Waals surface area contributed by atoms with Crippen molar-refractivity contribution in [2.75, 3.05) is 20.8 Å². The number of rotatable bonds is 3. The van der Waals surface area contributed by atoms with Gasteiger partial charge in [-0.2, -0.15) is 0 Å². The minimum atomic E-state index is -1.62. The van der Waals surface area contributed by atoms with Gasteiger partial charge in [0, 0.05) is 13.1 Å². The summed E-state index contributed by atoms with van der Waals surface area (Å²) >= 11 is 0. The van der Waals surface area contributed by atoms with E-state index < -0.39 is 41.9 Å². The number of hydrogen-bond acceptors (Lipinski definition) is 6. The molecule has 2 aliphatic rings. The standard InChI is InChI=1S/C17H20N2O5/c1-9-6-4-5-7-10(9)13-11-12(15(22)19(2)14(11)21)17(8-20,18-13)16(23)24-3/h4-7,11-13,18,20H,8H2,1-3H3/t11-,12-,13+,17-/m0/s1. The van der Waals surface area contributed by atoms with E-state index in [-0.39, 0.29) is 5.91 Å². The second-order valence-corrected chi connectivity index (χ2v) is 6.34. The van der Waals surface area contributed by atoms with Crippen molar-refractivity contribution < 1.29 is 24.2 Å². The largest absolute Gasteiger partial charge is 0.468 e. The molecule has 128 valence electrons. The van der Waals surface area contributed by atoms with Crippen LogP contribution in [0.25, 0.3) is 0 Å². The Balaban J connectivity index is 2.17. The number of aliphatic hydroxyl groups is 1. The number of hydrogen-bond donors (Lipinski definition) is 2. The van der Waals surface area contributed by atoms with E-state index in [0.29, 0.717) is 0 Å². The Morgan fingerprint density at radius 1 is 1.33 bits per heavy atom. The van der Waals surface area contributed by atoms with Crippen LogP contribution in [0.4, 0.5) is 0 Å². The van der Waals surface area contributed by atoms with Crippen LogP contribution in [0, 0.1) is 18.8 Å². The summed E-state index contributed by atoms with van der Waals surface area (Å²) in [5, 5.41) is 13.0. The average Bonchev–Trinajstić information content (AvgIpc) is 3.05. The van der Waals surface area contributed by atoms with Crippen LogP contribution >= 0.6 is 0 Å². The summed E-state index contributed by atoms with van der Waals surface area (Å²) in [4.78, 5) is 38.7. The number of aryl methyl sites for hydroxylation is 1. The highest BCUT2D eigenvalue weighted by atomic mass is 16.5. The van der Waals surface area contributed by atoms with E-state index in [1.54, 1.807) is 0 Å². The molecule has 1 aromatic carbocycles. The minimum Gasteiger partial charge on any atom is -0.468 e. The van der Waals surface area contributed by atoms with Crippen molar-refractivity contribution in [3.05, 3.63) is 35.4 Å². The maximum absolute atomic E-state index is 12.6. The lowest BCUT2D eigenvalue weighted by molar-refractivity contribution is -0.156. The van der Waals surface area contributed by atoms with Gasteiger partial charge in [0.25, 0.3) is 0 Å². The number of aliphatic hydroxyl groups excluding tert-OH is 1. The number of esters is 1. The molecule has 0 spiro atoms. The molecule has 0 saturated carbocycles. The topological polar surface area (TPSA) is 95.9 Å². The summed E-state index contributed by atoms with van der Waals surface area (Å²) in [6.45, 7) is 1.27. The summed E-state index contributed by atoms with van der Waals surface area (Å²) in [5.41, 5.74) is 0.134. The first-order chi connectivity index (χ1) is 11.4. The Hall–Kier alpha value is -2.25. The number of likely N-dealkylation sites (tertiary alicyclic amines) is 1. The summed E-state index contributed by atoms with van der Waals surface area (Å²) in [5.74, 6) is -3.32. The van der Waals surface area contributed by atoms with Crippen LogP contribution < -0.4 is 5.32 Å². The molecule has 24 heavy (non-hydrogen) atoms. The lowest BCUT2D eigenvalue weighted by atomic mass is 9.79. The van der Waals surface area contributed by atoms with E-state index in [2.05, 4.69) is 5.32 Å². The van der Waals surface area contributed by atoms with E-state index in [0.717, 1.165) is 16.0 Å². The molecule has 0 aliphatic carbocycles. The highest BCUT2D eigenvalue weighted by Crippen LogP contribution is 2.49. The fraction of sp³-hybridized carbons (Fsp3) is 0.471. The zero-order valence-corrected chi connectivity index (χ0v) is 13.8. The van der Waals surface area contributed by atoms with Crippen molar-refractivity contribution in [3.63, 3.8) is 0 Å². The fourth-order valence-corrected chi connectivity index (χ4v) is 3.93. The van der Waals surface area contributed by atoms with Gasteiger partial charge in [-0.1, -0.05) is 24.3 Å². The molecule has 4 atom stereocenters. The first kappa shape index (κ1) is 16.6. The van der Waals surface area contributed by atoms with Gasteiger partial charge in [0.1, 0.15) is 0 Å². The molecule has 7 nitrogen and oxygen atoms in total. The molecule has 0 radical (unpaired) electrons. The Morgan fingerprint density at radius 2 is 2.00 bits per heavy atom. The Bertz CT molecular complexity index is 719. The third kappa shape index (κ3) is 2.01. The number of methoxy groups -OCH3 is 1. The highest BCUT2D eigenvalue weighted by Gasteiger charge is 2.68. The van der Waals surface area contributed by atoms with Crippen molar-refractivity contribution in [3.8, 4) is 0 Å². The Kier molecular flexibility index (Phi) is 3.93. The maximum atomic E-state index is 12.6. The van der Waals surface area contributed by atoms with Gasteiger partial charge in [-0.3, -0.25) is 19.8 Å². The molecule has 0 unspecified atom stereocenters. The van der Waals surface area contributed by atoms with E-state index in [9.17, 15) is 19.5 Å². The van der Waals surface area contributed by atoms with E-state index in [1.807, 2.05) is 31.2 Å². The fourth-order valence-electron chi connectivity index (χ4n) is 3.93. The van der Waals surface area contributed by atoms with Gasteiger partial charge in [-0.25, -0.2) is 4.79 Å². The molecule has 0 bridgehead atoms. The number of carbonyl (C=O) groups is 3. The Labute approximate surface area is 139 Å². The molecule has 2 N–H and O–H groups in total. The summed E-state index contributed by atoms with van der Waals surface area (Å²) in [6, 6.07) is 6.90. The quantitative estimate of drug-likeness (QED) is 0.587. The second kappa shape index (κ2) is 5.68. The van der Waals surface area contributed by atoms with Crippen molar-refractivity contribution in [2.45, 2.75) is 18.5 Å². The lowest BCUT2D eigenvalue weighted by Gasteiger charge is -2.30. The average molecular weight is 332 g/mol. The van der Waals surface area contributed by atoms with E-state index in [1.165, 1.54) is 14.2 Å². The number of carbonyl (C=O) groups excluding carboxylic acids is 3. The molecule has 2 aliphatic heterocycles. The SMILES string of the molecule is COC(=O)[C@@]1(CO)N[C@H](c2ccccc2C)[C@H]2C(=O)N(C)C(=O)[C@H]21.